The Morgan fingerprint density at radius 2 is 2.05 bits per heavy atom. The highest BCUT2D eigenvalue weighted by molar-refractivity contribution is 9.10. The third-order valence-electron chi connectivity index (χ3n) is 3.29. The maximum absolute atomic E-state index is 12.4. The molecule has 1 aromatic carbocycles. The van der Waals surface area contributed by atoms with E-state index in [0.717, 1.165) is 4.47 Å². The van der Waals surface area contributed by atoms with Crippen LogP contribution in [-0.2, 0) is 4.79 Å². The van der Waals surface area contributed by atoms with Crippen molar-refractivity contribution < 1.29 is 14.5 Å². The van der Waals surface area contributed by atoms with Gasteiger partial charge in [-0.25, -0.2) is 0 Å². The van der Waals surface area contributed by atoms with Gasteiger partial charge in [0, 0.05) is 22.0 Å². The number of anilines is 1. The number of benzene rings is 1. The average molecular weight is 327 g/mol. The van der Waals surface area contributed by atoms with Gasteiger partial charge in [0.1, 0.15) is 0 Å². The number of halogens is 1. The Bertz CT molecular complexity index is 601. The van der Waals surface area contributed by atoms with E-state index in [4.69, 9.17) is 0 Å². The monoisotopic (exact) mass is 326 g/mol. The summed E-state index contributed by atoms with van der Waals surface area (Å²) in [6, 6.07) is 4.90. The highest BCUT2D eigenvalue weighted by Gasteiger charge is 2.52. The summed E-state index contributed by atoms with van der Waals surface area (Å²) in [7, 11) is 1.51. The van der Waals surface area contributed by atoms with E-state index >= 15 is 0 Å². The lowest BCUT2D eigenvalue weighted by atomic mass is 9.77. The summed E-state index contributed by atoms with van der Waals surface area (Å²) < 4.78 is 0.733. The molecule has 0 radical (unpaired) electrons. The SMILES string of the molecule is CN1C(=O)[C@](C)(C[N+](=O)[O-])C(=O)c2ccc(Br)cc21. The number of ketones is 1. The normalized spacial score (nSPS) is 22.4. The van der Waals surface area contributed by atoms with Gasteiger partial charge in [-0.2, -0.15) is 0 Å². The molecule has 0 fully saturated rings. The van der Waals surface area contributed by atoms with E-state index < -0.39 is 28.6 Å². The maximum atomic E-state index is 12.4. The molecule has 0 spiro atoms. The fourth-order valence-corrected chi connectivity index (χ4v) is 2.59. The molecule has 6 nitrogen and oxygen atoms in total. The van der Waals surface area contributed by atoms with Crippen molar-refractivity contribution >= 4 is 33.3 Å². The first-order valence-corrected chi connectivity index (χ1v) is 6.31. The molecule has 1 atom stereocenters. The van der Waals surface area contributed by atoms with Crippen molar-refractivity contribution in [3.05, 3.63) is 38.3 Å². The number of hydrogen-bond donors (Lipinski definition) is 0. The Morgan fingerprint density at radius 1 is 1.42 bits per heavy atom. The number of Topliss-reactive ketones (excluding diaryl/α,β-unsaturated/α-hetero) is 1. The van der Waals surface area contributed by atoms with Crippen LogP contribution in [0, 0.1) is 15.5 Å². The molecule has 7 heteroatoms. The van der Waals surface area contributed by atoms with Crippen molar-refractivity contribution in [3.63, 3.8) is 0 Å². The minimum atomic E-state index is -1.64. The predicted octanol–water partition coefficient (Wildman–Crippen LogP) is 1.89. The number of amides is 1. The molecule has 1 amide bonds. The van der Waals surface area contributed by atoms with Gasteiger partial charge in [-0.05, 0) is 25.1 Å². The van der Waals surface area contributed by atoms with Gasteiger partial charge in [0.05, 0.1) is 5.69 Å². The molecular formula is C12H11BrN2O4. The lowest BCUT2D eigenvalue weighted by Gasteiger charge is -2.35. The zero-order chi connectivity index (χ0) is 14.4. The number of carbonyl (C=O) groups is 2. The van der Waals surface area contributed by atoms with Crippen LogP contribution in [0.4, 0.5) is 5.69 Å². The molecular weight excluding hydrogens is 316 g/mol. The van der Waals surface area contributed by atoms with E-state index in [0.29, 0.717) is 11.3 Å². The smallest absolute Gasteiger partial charge is 0.247 e. The van der Waals surface area contributed by atoms with Gasteiger partial charge in [-0.15, -0.1) is 0 Å². The fourth-order valence-electron chi connectivity index (χ4n) is 2.25. The van der Waals surface area contributed by atoms with Crippen molar-refractivity contribution in [1.82, 2.24) is 0 Å². The van der Waals surface area contributed by atoms with Gasteiger partial charge < -0.3 is 4.90 Å². The second-order valence-corrected chi connectivity index (χ2v) is 5.59. The summed E-state index contributed by atoms with van der Waals surface area (Å²) in [5.74, 6) is -1.06. The molecule has 2 rings (SSSR count). The number of hydrogen-bond acceptors (Lipinski definition) is 4. The third kappa shape index (κ3) is 2.03. The Morgan fingerprint density at radius 3 is 2.63 bits per heavy atom. The molecule has 1 heterocycles. The molecule has 0 N–H and O–H groups in total. The summed E-state index contributed by atoms with van der Waals surface area (Å²) in [5.41, 5.74) is -0.848. The fraction of sp³-hybridized carbons (Fsp3) is 0.333. The Balaban J connectivity index is 2.61. The Hall–Kier alpha value is -1.76. The zero-order valence-electron chi connectivity index (χ0n) is 10.3. The van der Waals surface area contributed by atoms with Crippen LogP contribution in [0.25, 0.3) is 0 Å². The molecule has 100 valence electrons. The van der Waals surface area contributed by atoms with Crippen LogP contribution >= 0.6 is 15.9 Å². The lowest BCUT2D eigenvalue weighted by molar-refractivity contribution is -0.489. The summed E-state index contributed by atoms with van der Waals surface area (Å²) in [4.78, 5) is 36.0. The van der Waals surface area contributed by atoms with Crippen molar-refractivity contribution in [2.45, 2.75) is 6.92 Å². The third-order valence-corrected chi connectivity index (χ3v) is 3.78. The van der Waals surface area contributed by atoms with E-state index in [9.17, 15) is 19.7 Å². The van der Waals surface area contributed by atoms with Crippen LogP contribution in [0.1, 0.15) is 17.3 Å². The minimum absolute atomic E-state index is 0.328. The molecule has 1 aliphatic heterocycles. The number of rotatable bonds is 2. The van der Waals surface area contributed by atoms with Crippen molar-refractivity contribution in [2.24, 2.45) is 5.41 Å². The predicted molar refractivity (Wildman–Crippen MR) is 71.9 cm³/mol. The average Bonchev–Trinajstić information content (AvgIpc) is 2.33. The number of nitrogens with zero attached hydrogens (tertiary/aromatic N) is 2. The highest BCUT2D eigenvalue weighted by atomic mass is 79.9. The quantitative estimate of drug-likeness (QED) is 0.472. The molecule has 0 aromatic heterocycles. The molecule has 0 saturated heterocycles. The van der Waals surface area contributed by atoms with E-state index in [1.54, 1.807) is 18.2 Å². The van der Waals surface area contributed by atoms with Gasteiger partial charge in [0.2, 0.25) is 12.5 Å². The molecule has 19 heavy (non-hydrogen) atoms. The number of carbonyl (C=O) groups excluding carboxylic acids is 2. The molecule has 0 bridgehead atoms. The van der Waals surface area contributed by atoms with Crippen LogP contribution in [0.2, 0.25) is 0 Å². The first kappa shape index (κ1) is 13.7. The van der Waals surface area contributed by atoms with Gasteiger partial charge in [0.15, 0.2) is 11.2 Å². The zero-order valence-corrected chi connectivity index (χ0v) is 11.9. The largest absolute Gasteiger partial charge is 0.314 e. The van der Waals surface area contributed by atoms with E-state index in [1.165, 1.54) is 18.9 Å². The first-order valence-electron chi connectivity index (χ1n) is 5.51. The van der Waals surface area contributed by atoms with Crippen LogP contribution in [-0.4, -0.2) is 30.2 Å². The summed E-state index contributed by atoms with van der Waals surface area (Å²) in [6.07, 6.45) is 0. The van der Waals surface area contributed by atoms with Gasteiger partial charge >= 0.3 is 0 Å². The van der Waals surface area contributed by atoms with Crippen LogP contribution in [0.3, 0.4) is 0 Å². The van der Waals surface area contributed by atoms with Crippen molar-refractivity contribution in [3.8, 4) is 0 Å². The van der Waals surface area contributed by atoms with Crippen molar-refractivity contribution in [1.29, 1.82) is 0 Å². The minimum Gasteiger partial charge on any atom is -0.314 e. The van der Waals surface area contributed by atoms with Gasteiger partial charge in [-0.3, -0.25) is 19.7 Å². The van der Waals surface area contributed by atoms with Crippen LogP contribution in [0.5, 0.6) is 0 Å². The van der Waals surface area contributed by atoms with E-state index in [1.807, 2.05) is 0 Å². The lowest BCUT2D eigenvalue weighted by Crippen LogP contribution is -2.53. The standard InChI is InChI=1S/C12H11BrN2O4/c1-12(6-15(18)19)10(16)8-4-3-7(13)5-9(8)14(2)11(12)17/h3-5H,6H2,1-2H3/t12-/m1/s1. The number of fused-ring (bicyclic) bond motifs is 1. The molecule has 0 unspecified atom stereocenters. The van der Waals surface area contributed by atoms with Crippen LogP contribution in [0.15, 0.2) is 22.7 Å². The second kappa shape index (κ2) is 4.41. The molecule has 0 saturated carbocycles. The molecule has 1 aromatic rings. The molecule has 1 aliphatic rings. The first-order chi connectivity index (χ1) is 8.77. The summed E-state index contributed by atoms with van der Waals surface area (Å²) in [5, 5.41) is 10.7. The summed E-state index contributed by atoms with van der Waals surface area (Å²) in [6.45, 7) is 0.618. The van der Waals surface area contributed by atoms with E-state index in [2.05, 4.69) is 15.9 Å². The molecule has 0 aliphatic carbocycles. The second-order valence-electron chi connectivity index (χ2n) is 4.68. The van der Waals surface area contributed by atoms with Gasteiger partial charge in [0.25, 0.3) is 0 Å². The van der Waals surface area contributed by atoms with Crippen LogP contribution < -0.4 is 4.90 Å². The van der Waals surface area contributed by atoms with Gasteiger partial charge in [-0.1, -0.05) is 15.9 Å². The Labute approximate surface area is 117 Å². The topological polar surface area (TPSA) is 80.5 Å². The maximum Gasteiger partial charge on any atom is 0.247 e. The van der Waals surface area contributed by atoms with Crippen molar-refractivity contribution in [2.75, 3.05) is 18.5 Å². The van der Waals surface area contributed by atoms with E-state index in [-0.39, 0.29) is 0 Å². The summed E-state index contributed by atoms with van der Waals surface area (Å²) >= 11 is 3.27. The highest BCUT2D eigenvalue weighted by Crippen LogP contribution is 2.38. The Kier molecular flexibility index (Phi) is 3.17. The number of nitro groups is 1.